The molecule has 178 valence electrons. The monoisotopic (exact) mass is 438 g/mol. The van der Waals surface area contributed by atoms with E-state index in [4.69, 9.17) is 9.47 Å². The fourth-order valence-electron chi connectivity index (χ4n) is 5.50. The Morgan fingerprint density at radius 3 is 1.88 bits per heavy atom. The van der Waals surface area contributed by atoms with E-state index in [0.717, 1.165) is 18.1 Å². The minimum absolute atomic E-state index is 0.120. The first-order valence-electron chi connectivity index (χ1n) is 12.6. The zero-order chi connectivity index (χ0) is 23.8. The summed E-state index contributed by atoms with van der Waals surface area (Å²) in [6, 6.07) is 8.83. The van der Waals surface area contributed by atoms with E-state index in [1.807, 2.05) is 0 Å². The third-order valence-electron chi connectivity index (χ3n) is 7.15. The van der Waals surface area contributed by atoms with E-state index in [1.165, 1.54) is 36.8 Å². The van der Waals surface area contributed by atoms with E-state index in [-0.39, 0.29) is 22.2 Å². The van der Waals surface area contributed by atoms with Crippen LogP contribution in [0.3, 0.4) is 0 Å². The SMILES string of the molecule is CC(C)(C)Oc1ccc(C(C)(C)C2CCC(C3=CCC(C)(OC(C)(C)C)C=C3)CC2)cc1. The molecule has 1 saturated carbocycles. The van der Waals surface area contributed by atoms with Crippen LogP contribution in [0.25, 0.3) is 0 Å². The van der Waals surface area contributed by atoms with Crippen molar-refractivity contribution in [3.05, 3.63) is 53.6 Å². The summed E-state index contributed by atoms with van der Waals surface area (Å²) in [7, 11) is 0. The second kappa shape index (κ2) is 9.01. The molecule has 1 aromatic carbocycles. The molecular weight excluding hydrogens is 392 g/mol. The number of benzene rings is 1. The van der Waals surface area contributed by atoms with Crippen LogP contribution in [0.1, 0.15) is 100.0 Å². The van der Waals surface area contributed by atoms with E-state index in [1.54, 1.807) is 0 Å². The fraction of sp³-hybridized carbons (Fsp3) is 0.667. The van der Waals surface area contributed by atoms with Gasteiger partial charge in [0, 0.05) is 0 Å². The van der Waals surface area contributed by atoms with Gasteiger partial charge in [0.2, 0.25) is 0 Å². The highest BCUT2D eigenvalue weighted by molar-refractivity contribution is 5.33. The van der Waals surface area contributed by atoms with Crippen LogP contribution in [0.4, 0.5) is 0 Å². The Bertz CT molecular complexity index is 821. The predicted molar refractivity (Wildman–Crippen MR) is 136 cm³/mol. The lowest BCUT2D eigenvalue weighted by Gasteiger charge is -2.41. The Hall–Kier alpha value is -1.54. The minimum Gasteiger partial charge on any atom is -0.488 e. The average Bonchev–Trinajstić information content (AvgIpc) is 2.66. The Balaban J connectivity index is 1.58. The molecule has 0 amide bonds. The van der Waals surface area contributed by atoms with Crippen LogP contribution in [-0.2, 0) is 10.2 Å². The number of hydrogen-bond acceptors (Lipinski definition) is 2. The lowest BCUT2D eigenvalue weighted by molar-refractivity contribution is -0.0943. The van der Waals surface area contributed by atoms with Gasteiger partial charge in [0.1, 0.15) is 11.4 Å². The van der Waals surface area contributed by atoms with Gasteiger partial charge in [0.05, 0.1) is 11.2 Å². The summed E-state index contributed by atoms with van der Waals surface area (Å²) in [6.45, 7) is 19.8. The summed E-state index contributed by atoms with van der Waals surface area (Å²) in [4.78, 5) is 0. The van der Waals surface area contributed by atoms with Gasteiger partial charge in [-0.1, -0.05) is 44.2 Å². The van der Waals surface area contributed by atoms with Crippen molar-refractivity contribution in [2.45, 2.75) is 117 Å². The zero-order valence-electron chi connectivity index (χ0n) is 22.0. The van der Waals surface area contributed by atoms with Crippen molar-refractivity contribution in [2.75, 3.05) is 0 Å². The van der Waals surface area contributed by atoms with Crippen LogP contribution in [-0.4, -0.2) is 16.8 Å². The van der Waals surface area contributed by atoms with Gasteiger partial charge in [-0.15, -0.1) is 0 Å². The van der Waals surface area contributed by atoms with E-state index >= 15 is 0 Å². The molecule has 0 aromatic heterocycles. The molecule has 2 aliphatic carbocycles. The molecule has 1 unspecified atom stereocenters. The molecule has 0 bridgehead atoms. The normalized spacial score (nSPS) is 27.2. The van der Waals surface area contributed by atoms with Crippen molar-refractivity contribution >= 4 is 0 Å². The second-order valence-electron chi connectivity index (χ2n) is 12.8. The fourth-order valence-corrected chi connectivity index (χ4v) is 5.50. The lowest BCUT2D eigenvalue weighted by atomic mass is 9.64. The third-order valence-corrected chi connectivity index (χ3v) is 7.15. The molecule has 3 rings (SSSR count). The Morgan fingerprint density at radius 1 is 0.812 bits per heavy atom. The molecule has 2 heteroatoms. The summed E-state index contributed by atoms with van der Waals surface area (Å²) in [5.41, 5.74) is 2.68. The summed E-state index contributed by atoms with van der Waals surface area (Å²) >= 11 is 0. The van der Waals surface area contributed by atoms with E-state index in [9.17, 15) is 0 Å². The second-order valence-corrected chi connectivity index (χ2v) is 12.8. The minimum atomic E-state index is -0.177. The molecule has 0 aliphatic heterocycles. The Labute approximate surface area is 197 Å². The molecule has 0 saturated heterocycles. The first-order chi connectivity index (χ1) is 14.7. The van der Waals surface area contributed by atoms with Gasteiger partial charge in [0.15, 0.2) is 0 Å². The molecule has 0 N–H and O–H groups in total. The summed E-state index contributed by atoms with van der Waals surface area (Å²) in [5.74, 6) is 2.37. The van der Waals surface area contributed by atoms with Crippen molar-refractivity contribution in [2.24, 2.45) is 11.8 Å². The number of ether oxygens (including phenoxy) is 2. The number of hydrogen-bond donors (Lipinski definition) is 0. The van der Waals surface area contributed by atoms with Gasteiger partial charge < -0.3 is 9.47 Å². The molecule has 1 atom stereocenters. The van der Waals surface area contributed by atoms with Crippen molar-refractivity contribution < 1.29 is 9.47 Å². The highest BCUT2D eigenvalue weighted by atomic mass is 16.5. The maximum Gasteiger partial charge on any atom is 0.120 e. The van der Waals surface area contributed by atoms with Crippen LogP contribution in [0.15, 0.2) is 48.1 Å². The van der Waals surface area contributed by atoms with Crippen LogP contribution in [0.5, 0.6) is 5.75 Å². The number of rotatable bonds is 5. The molecule has 0 heterocycles. The molecule has 1 fully saturated rings. The highest BCUT2D eigenvalue weighted by Crippen LogP contribution is 2.45. The quantitative estimate of drug-likeness (QED) is 0.459. The van der Waals surface area contributed by atoms with Gasteiger partial charge in [-0.25, -0.2) is 0 Å². The topological polar surface area (TPSA) is 18.5 Å². The van der Waals surface area contributed by atoms with Crippen LogP contribution >= 0.6 is 0 Å². The van der Waals surface area contributed by atoms with Gasteiger partial charge >= 0.3 is 0 Å². The summed E-state index contributed by atoms with van der Waals surface area (Å²) in [5, 5.41) is 0. The van der Waals surface area contributed by atoms with Crippen molar-refractivity contribution in [3.63, 3.8) is 0 Å². The molecule has 0 radical (unpaired) electrons. The summed E-state index contributed by atoms with van der Waals surface area (Å²) < 4.78 is 12.3. The smallest absolute Gasteiger partial charge is 0.120 e. The van der Waals surface area contributed by atoms with Crippen LogP contribution in [0, 0.1) is 11.8 Å². The Kier molecular flexibility index (Phi) is 7.06. The van der Waals surface area contributed by atoms with Crippen LogP contribution in [0.2, 0.25) is 0 Å². The zero-order valence-corrected chi connectivity index (χ0v) is 22.0. The van der Waals surface area contributed by atoms with Crippen molar-refractivity contribution in [1.82, 2.24) is 0 Å². The molecule has 32 heavy (non-hydrogen) atoms. The maximum atomic E-state index is 6.31. The van der Waals surface area contributed by atoms with Gasteiger partial charge in [-0.3, -0.25) is 0 Å². The molecule has 0 spiro atoms. The third kappa shape index (κ3) is 6.50. The maximum absolute atomic E-state index is 6.31. The van der Waals surface area contributed by atoms with Gasteiger partial charge in [0.25, 0.3) is 0 Å². The summed E-state index contributed by atoms with van der Waals surface area (Å²) in [6.07, 6.45) is 13.2. The van der Waals surface area contributed by atoms with E-state index in [2.05, 4.69) is 105 Å². The molecular formula is C30H46O2. The first kappa shape index (κ1) is 25.1. The first-order valence-corrected chi connectivity index (χ1v) is 12.6. The van der Waals surface area contributed by atoms with Crippen molar-refractivity contribution in [1.29, 1.82) is 0 Å². The van der Waals surface area contributed by atoms with E-state index in [0.29, 0.717) is 5.92 Å². The predicted octanol–water partition coefficient (Wildman–Crippen LogP) is 8.41. The lowest BCUT2D eigenvalue weighted by Crippen LogP contribution is -2.37. The van der Waals surface area contributed by atoms with Gasteiger partial charge in [-0.2, -0.15) is 0 Å². The standard InChI is InChI=1S/C30H46O2/c1-27(2,3)31-26-16-14-25(15-17-26)29(7,8)24-12-10-22(11-13-24)23-18-20-30(9,21-19-23)32-28(4,5)6/h14-20,22,24H,10-13,21H2,1-9H3. The molecule has 1 aromatic rings. The van der Waals surface area contributed by atoms with Gasteiger partial charge in [-0.05, 0) is 121 Å². The van der Waals surface area contributed by atoms with Crippen molar-refractivity contribution in [3.8, 4) is 5.75 Å². The van der Waals surface area contributed by atoms with E-state index < -0.39 is 0 Å². The average molecular weight is 439 g/mol. The van der Waals surface area contributed by atoms with Crippen LogP contribution < -0.4 is 4.74 Å². The molecule has 2 aliphatic rings. The number of allylic oxidation sites excluding steroid dienone is 2. The molecule has 2 nitrogen and oxygen atoms in total. The highest BCUT2D eigenvalue weighted by Gasteiger charge is 2.36. The largest absolute Gasteiger partial charge is 0.488 e. The Morgan fingerprint density at radius 2 is 1.41 bits per heavy atom.